The van der Waals surface area contributed by atoms with Crippen LogP contribution in [0.25, 0.3) is 0 Å². The third-order valence-corrected chi connectivity index (χ3v) is 2.59. The van der Waals surface area contributed by atoms with Gasteiger partial charge in [0.25, 0.3) is 0 Å². The van der Waals surface area contributed by atoms with Gasteiger partial charge in [-0.25, -0.2) is 0 Å². The van der Waals surface area contributed by atoms with Crippen LogP contribution >= 0.6 is 0 Å². The number of hydrogen-bond acceptors (Lipinski definition) is 3. The van der Waals surface area contributed by atoms with Crippen molar-refractivity contribution in [2.75, 3.05) is 13.1 Å². The first-order valence-corrected chi connectivity index (χ1v) is 6.24. The summed E-state index contributed by atoms with van der Waals surface area (Å²) in [5.41, 5.74) is 0. The number of aryl methyl sites for hydroxylation is 1. The summed E-state index contributed by atoms with van der Waals surface area (Å²) in [6.07, 6.45) is 4.53. The van der Waals surface area contributed by atoms with Crippen molar-refractivity contribution in [2.45, 2.75) is 39.2 Å². The molecule has 0 radical (unpaired) electrons. The second kappa shape index (κ2) is 7.90. The molecular formula is C13H22N2O2. The molecule has 17 heavy (non-hydrogen) atoms. The predicted octanol–water partition coefficient (Wildman–Crippen LogP) is 1.72. The maximum absolute atomic E-state index is 11.3. The van der Waals surface area contributed by atoms with Crippen LogP contribution in [0.5, 0.6) is 0 Å². The molecule has 4 heteroatoms. The molecule has 96 valence electrons. The van der Waals surface area contributed by atoms with Crippen molar-refractivity contribution in [3.05, 3.63) is 24.2 Å². The van der Waals surface area contributed by atoms with Crippen LogP contribution in [-0.4, -0.2) is 25.0 Å². The summed E-state index contributed by atoms with van der Waals surface area (Å²) in [4.78, 5) is 11.3. The molecule has 1 unspecified atom stereocenters. The highest BCUT2D eigenvalue weighted by Gasteiger charge is 2.06. The highest BCUT2D eigenvalue weighted by atomic mass is 16.3. The third-order valence-electron chi connectivity index (χ3n) is 2.59. The minimum Gasteiger partial charge on any atom is -0.469 e. The molecule has 1 rings (SSSR count). The fourth-order valence-corrected chi connectivity index (χ4v) is 1.51. The monoisotopic (exact) mass is 238 g/mol. The molecule has 1 heterocycles. The quantitative estimate of drug-likeness (QED) is 0.725. The van der Waals surface area contributed by atoms with Crippen LogP contribution in [0.2, 0.25) is 0 Å². The molecule has 0 saturated heterocycles. The van der Waals surface area contributed by atoms with Gasteiger partial charge in [0.15, 0.2) is 0 Å². The Labute approximate surface area is 103 Å². The van der Waals surface area contributed by atoms with Gasteiger partial charge >= 0.3 is 0 Å². The summed E-state index contributed by atoms with van der Waals surface area (Å²) in [5.74, 6) is 1.06. The van der Waals surface area contributed by atoms with E-state index < -0.39 is 0 Å². The fraction of sp³-hybridized carbons (Fsp3) is 0.615. The van der Waals surface area contributed by atoms with Gasteiger partial charge in [0, 0.05) is 19.0 Å². The zero-order valence-corrected chi connectivity index (χ0v) is 10.7. The summed E-state index contributed by atoms with van der Waals surface area (Å²) in [7, 11) is 0. The van der Waals surface area contributed by atoms with Crippen molar-refractivity contribution in [2.24, 2.45) is 0 Å². The molecule has 0 saturated carbocycles. The Morgan fingerprint density at radius 2 is 2.35 bits per heavy atom. The molecule has 1 amide bonds. The Morgan fingerprint density at radius 3 is 3.00 bits per heavy atom. The van der Waals surface area contributed by atoms with Crippen molar-refractivity contribution in [3.8, 4) is 0 Å². The van der Waals surface area contributed by atoms with E-state index in [2.05, 4.69) is 17.6 Å². The van der Waals surface area contributed by atoms with Gasteiger partial charge in [0.05, 0.1) is 12.8 Å². The van der Waals surface area contributed by atoms with Gasteiger partial charge in [-0.05, 0) is 31.9 Å². The molecule has 0 aliphatic rings. The van der Waals surface area contributed by atoms with E-state index in [1.807, 2.05) is 19.1 Å². The topological polar surface area (TPSA) is 54.3 Å². The second-order valence-electron chi connectivity index (χ2n) is 4.25. The second-order valence-corrected chi connectivity index (χ2v) is 4.25. The molecule has 0 bridgehead atoms. The summed E-state index contributed by atoms with van der Waals surface area (Å²) in [6, 6.07) is 4.18. The lowest BCUT2D eigenvalue weighted by atomic mass is 10.1. The summed E-state index contributed by atoms with van der Waals surface area (Å²) >= 11 is 0. The molecular weight excluding hydrogens is 216 g/mol. The molecule has 2 N–H and O–H groups in total. The summed E-state index contributed by atoms with van der Waals surface area (Å²) in [5, 5.41) is 6.04. The average Bonchev–Trinajstić information content (AvgIpc) is 2.84. The van der Waals surface area contributed by atoms with Crippen LogP contribution < -0.4 is 10.6 Å². The third kappa shape index (κ3) is 6.12. The highest BCUT2D eigenvalue weighted by molar-refractivity contribution is 5.77. The molecule has 1 aromatic heterocycles. The molecule has 0 fully saturated rings. The van der Waals surface area contributed by atoms with Crippen LogP contribution in [0.1, 0.15) is 32.4 Å². The zero-order valence-electron chi connectivity index (χ0n) is 10.7. The molecule has 0 aromatic carbocycles. The van der Waals surface area contributed by atoms with Gasteiger partial charge in [-0.3, -0.25) is 4.79 Å². The van der Waals surface area contributed by atoms with Gasteiger partial charge in [0.2, 0.25) is 5.91 Å². The minimum atomic E-state index is 0.0664. The van der Waals surface area contributed by atoms with E-state index in [-0.39, 0.29) is 5.91 Å². The standard InChI is InChI=1S/C13H22N2O2/c1-3-8-14-13(16)10-15-11(2)6-7-12-5-4-9-17-12/h4-5,9,11,15H,3,6-8,10H2,1-2H3,(H,14,16). The average molecular weight is 238 g/mol. The van der Waals surface area contributed by atoms with Crippen molar-refractivity contribution >= 4 is 5.91 Å². The van der Waals surface area contributed by atoms with E-state index in [0.717, 1.165) is 31.6 Å². The summed E-state index contributed by atoms with van der Waals surface area (Å²) < 4.78 is 5.26. The molecule has 0 spiro atoms. The van der Waals surface area contributed by atoms with Crippen LogP contribution in [0.3, 0.4) is 0 Å². The SMILES string of the molecule is CCCNC(=O)CNC(C)CCc1ccco1. The molecule has 1 atom stereocenters. The largest absolute Gasteiger partial charge is 0.469 e. The molecule has 0 aliphatic heterocycles. The Balaban J connectivity index is 2.08. The van der Waals surface area contributed by atoms with Crippen LogP contribution in [0.4, 0.5) is 0 Å². The number of amides is 1. The lowest BCUT2D eigenvalue weighted by Crippen LogP contribution is -2.38. The van der Waals surface area contributed by atoms with Gasteiger partial charge in [-0.15, -0.1) is 0 Å². The van der Waals surface area contributed by atoms with E-state index in [0.29, 0.717) is 12.6 Å². The van der Waals surface area contributed by atoms with Crippen LogP contribution in [0, 0.1) is 0 Å². The van der Waals surface area contributed by atoms with E-state index in [9.17, 15) is 4.79 Å². The zero-order chi connectivity index (χ0) is 12.5. The molecule has 1 aromatic rings. The Hall–Kier alpha value is -1.29. The van der Waals surface area contributed by atoms with E-state index in [1.54, 1.807) is 6.26 Å². The van der Waals surface area contributed by atoms with Gasteiger partial charge in [-0.2, -0.15) is 0 Å². The number of nitrogens with one attached hydrogen (secondary N) is 2. The normalized spacial score (nSPS) is 12.4. The number of hydrogen-bond donors (Lipinski definition) is 2. The van der Waals surface area contributed by atoms with Gasteiger partial charge in [0.1, 0.15) is 5.76 Å². The first-order chi connectivity index (χ1) is 8.22. The Kier molecular flexibility index (Phi) is 6.40. The van der Waals surface area contributed by atoms with E-state index >= 15 is 0 Å². The highest BCUT2D eigenvalue weighted by Crippen LogP contribution is 2.05. The van der Waals surface area contributed by atoms with Crippen molar-refractivity contribution in [1.82, 2.24) is 10.6 Å². The predicted molar refractivity (Wildman–Crippen MR) is 67.8 cm³/mol. The Morgan fingerprint density at radius 1 is 1.53 bits per heavy atom. The smallest absolute Gasteiger partial charge is 0.233 e. The fourth-order valence-electron chi connectivity index (χ4n) is 1.51. The van der Waals surface area contributed by atoms with Gasteiger partial charge < -0.3 is 15.1 Å². The first kappa shape index (κ1) is 13.8. The number of rotatable bonds is 8. The van der Waals surface area contributed by atoms with Crippen molar-refractivity contribution in [1.29, 1.82) is 0 Å². The minimum absolute atomic E-state index is 0.0664. The number of carbonyl (C=O) groups excluding carboxylic acids is 1. The first-order valence-electron chi connectivity index (χ1n) is 6.24. The number of furan rings is 1. The maximum atomic E-state index is 11.3. The van der Waals surface area contributed by atoms with Gasteiger partial charge in [-0.1, -0.05) is 6.92 Å². The Bertz CT molecular complexity index is 309. The lowest BCUT2D eigenvalue weighted by molar-refractivity contribution is -0.120. The van der Waals surface area contributed by atoms with Crippen LogP contribution in [-0.2, 0) is 11.2 Å². The number of carbonyl (C=O) groups is 1. The molecule has 4 nitrogen and oxygen atoms in total. The maximum Gasteiger partial charge on any atom is 0.233 e. The van der Waals surface area contributed by atoms with Crippen molar-refractivity contribution < 1.29 is 9.21 Å². The van der Waals surface area contributed by atoms with Crippen molar-refractivity contribution in [3.63, 3.8) is 0 Å². The lowest BCUT2D eigenvalue weighted by Gasteiger charge is -2.12. The molecule has 0 aliphatic carbocycles. The summed E-state index contributed by atoms with van der Waals surface area (Å²) in [6.45, 7) is 5.26. The van der Waals surface area contributed by atoms with E-state index in [1.165, 1.54) is 0 Å². The van der Waals surface area contributed by atoms with Crippen LogP contribution in [0.15, 0.2) is 22.8 Å². The van der Waals surface area contributed by atoms with E-state index in [4.69, 9.17) is 4.42 Å².